The van der Waals surface area contributed by atoms with Gasteiger partial charge in [-0.2, -0.15) is 5.26 Å². The topological polar surface area (TPSA) is 50.1 Å². The molecule has 0 bridgehead atoms. The van der Waals surface area contributed by atoms with Gasteiger partial charge < -0.3 is 4.74 Å². The Labute approximate surface area is 112 Å². The van der Waals surface area contributed by atoms with Crippen LogP contribution in [-0.2, 0) is 9.53 Å². The first-order chi connectivity index (χ1) is 8.50. The van der Waals surface area contributed by atoms with Crippen molar-refractivity contribution < 1.29 is 9.53 Å². The monoisotopic (exact) mass is 253 g/mol. The highest BCUT2D eigenvalue weighted by molar-refractivity contribution is 5.80. The first kappa shape index (κ1) is 17.0. The molecule has 0 N–H and O–H groups in total. The molecule has 0 radical (unpaired) electrons. The molecule has 0 spiro atoms. The number of rotatable bonds is 8. The van der Waals surface area contributed by atoms with Crippen molar-refractivity contribution in [1.29, 1.82) is 5.26 Å². The van der Waals surface area contributed by atoms with Crippen LogP contribution < -0.4 is 0 Å². The van der Waals surface area contributed by atoms with Crippen molar-refractivity contribution in [2.75, 3.05) is 6.61 Å². The molecule has 0 rings (SSSR count). The van der Waals surface area contributed by atoms with E-state index in [4.69, 9.17) is 4.74 Å². The molecule has 0 aromatic rings. The van der Waals surface area contributed by atoms with Crippen LogP contribution in [0.2, 0.25) is 0 Å². The lowest BCUT2D eigenvalue weighted by Crippen LogP contribution is -2.43. The van der Waals surface area contributed by atoms with E-state index in [2.05, 4.69) is 19.9 Å². The van der Waals surface area contributed by atoms with E-state index in [1.807, 2.05) is 13.8 Å². The predicted octanol–water partition coefficient (Wildman–Crippen LogP) is 3.93. The zero-order valence-corrected chi connectivity index (χ0v) is 12.5. The Kier molecular flexibility index (Phi) is 7.66. The molecule has 2 atom stereocenters. The van der Waals surface area contributed by atoms with E-state index in [0.29, 0.717) is 6.61 Å². The molecule has 0 fully saturated rings. The maximum atomic E-state index is 12.3. The third kappa shape index (κ3) is 3.48. The molecule has 0 aliphatic heterocycles. The van der Waals surface area contributed by atoms with Crippen molar-refractivity contribution in [1.82, 2.24) is 0 Å². The van der Waals surface area contributed by atoms with Crippen LogP contribution >= 0.6 is 0 Å². The summed E-state index contributed by atoms with van der Waals surface area (Å²) in [6.45, 7) is 10.3. The van der Waals surface area contributed by atoms with Gasteiger partial charge >= 0.3 is 5.97 Å². The molecule has 0 heterocycles. The third-order valence-corrected chi connectivity index (χ3v) is 3.80. The summed E-state index contributed by atoms with van der Waals surface area (Å²) >= 11 is 0. The van der Waals surface area contributed by atoms with Crippen LogP contribution in [0.25, 0.3) is 0 Å². The average Bonchev–Trinajstić information content (AvgIpc) is 2.31. The number of carbonyl (C=O) groups is 1. The summed E-state index contributed by atoms with van der Waals surface area (Å²) in [4.78, 5) is 12.3. The quantitative estimate of drug-likeness (QED) is 0.616. The zero-order valence-electron chi connectivity index (χ0n) is 12.5. The second-order valence-corrected chi connectivity index (χ2v) is 5.08. The molecule has 0 aromatic heterocycles. The van der Waals surface area contributed by atoms with E-state index in [9.17, 15) is 10.1 Å². The number of nitrogens with zero attached hydrogens (tertiary/aromatic N) is 1. The van der Waals surface area contributed by atoms with Gasteiger partial charge in [0, 0.05) is 0 Å². The smallest absolute Gasteiger partial charge is 0.327 e. The van der Waals surface area contributed by atoms with E-state index >= 15 is 0 Å². The lowest BCUT2D eigenvalue weighted by atomic mass is 9.66. The van der Waals surface area contributed by atoms with Gasteiger partial charge in [0.05, 0.1) is 12.7 Å². The van der Waals surface area contributed by atoms with Crippen molar-refractivity contribution in [2.45, 2.75) is 60.3 Å². The normalized spacial score (nSPS) is 14.7. The number of ether oxygens (including phenoxy) is 1. The Balaban J connectivity index is 5.33. The van der Waals surface area contributed by atoms with Gasteiger partial charge in [0.1, 0.15) is 0 Å². The van der Waals surface area contributed by atoms with Gasteiger partial charge in [0.15, 0.2) is 5.41 Å². The van der Waals surface area contributed by atoms with Crippen LogP contribution in [0.15, 0.2) is 0 Å². The van der Waals surface area contributed by atoms with Crippen LogP contribution in [0, 0.1) is 28.6 Å². The molecule has 0 aliphatic rings. The summed E-state index contributed by atoms with van der Waals surface area (Å²) < 4.78 is 5.17. The summed E-state index contributed by atoms with van der Waals surface area (Å²) in [5.74, 6) is -0.268. The van der Waals surface area contributed by atoms with E-state index in [0.717, 1.165) is 25.7 Å². The lowest BCUT2D eigenvalue weighted by Gasteiger charge is -2.35. The fraction of sp³-hybridized carbons (Fsp3) is 0.867. The van der Waals surface area contributed by atoms with Gasteiger partial charge in [-0.15, -0.1) is 0 Å². The molecule has 0 aliphatic carbocycles. The molecule has 0 saturated heterocycles. The second-order valence-electron chi connectivity index (χ2n) is 5.08. The van der Waals surface area contributed by atoms with Crippen LogP contribution in [-0.4, -0.2) is 12.6 Å². The third-order valence-electron chi connectivity index (χ3n) is 3.80. The van der Waals surface area contributed by atoms with Crippen molar-refractivity contribution in [3.63, 3.8) is 0 Å². The first-order valence-corrected chi connectivity index (χ1v) is 7.09. The van der Waals surface area contributed by atoms with Crippen LogP contribution in [0.1, 0.15) is 60.3 Å². The maximum absolute atomic E-state index is 12.3. The average molecular weight is 253 g/mol. The first-order valence-electron chi connectivity index (χ1n) is 7.09. The Hall–Kier alpha value is -1.04. The highest BCUT2D eigenvalue weighted by Crippen LogP contribution is 2.41. The summed E-state index contributed by atoms with van der Waals surface area (Å²) in [6, 6.07) is 2.29. The highest BCUT2D eigenvalue weighted by atomic mass is 16.5. The largest absolute Gasteiger partial charge is 0.465 e. The summed E-state index contributed by atoms with van der Waals surface area (Å²) in [5.41, 5.74) is -0.984. The van der Waals surface area contributed by atoms with Crippen LogP contribution in [0.3, 0.4) is 0 Å². The van der Waals surface area contributed by atoms with Crippen LogP contribution in [0.5, 0.6) is 0 Å². The molecule has 3 heteroatoms. The van der Waals surface area contributed by atoms with Gasteiger partial charge in [0.25, 0.3) is 0 Å². The van der Waals surface area contributed by atoms with Gasteiger partial charge in [-0.05, 0) is 31.6 Å². The molecule has 0 amide bonds. The number of hydrogen-bond donors (Lipinski definition) is 0. The molecular weight excluding hydrogens is 226 g/mol. The number of nitriles is 1. The predicted molar refractivity (Wildman–Crippen MR) is 72.8 cm³/mol. The zero-order chi connectivity index (χ0) is 14.2. The van der Waals surface area contributed by atoms with Crippen molar-refractivity contribution in [2.24, 2.45) is 17.3 Å². The Morgan fingerprint density at radius 2 is 1.61 bits per heavy atom. The van der Waals surface area contributed by atoms with Crippen molar-refractivity contribution >= 4 is 5.97 Å². The van der Waals surface area contributed by atoms with Crippen molar-refractivity contribution in [3.8, 4) is 6.07 Å². The Morgan fingerprint density at radius 1 is 1.17 bits per heavy atom. The van der Waals surface area contributed by atoms with E-state index < -0.39 is 5.41 Å². The Bertz CT molecular complexity index is 281. The molecule has 18 heavy (non-hydrogen) atoms. The molecular formula is C15H27NO2. The SMILES string of the molecule is CCC[C@@H](C)C(C#N)(C(=O)OCC)[C@H](C)CCC. The van der Waals surface area contributed by atoms with Gasteiger partial charge in [-0.3, -0.25) is 4.79 Å². The number of hydrogen-bond acceptors (Lipinski definition) is 3. The Morgan fingerprint density at radius 3 is 1.89 bits per heavy atom. The minimum absolute atomic E-state index is 0.0353. The molecule has 0 unspecified atom stereocenters. The fourth-order valence-electron chi connectivity index (χ4n) is 2.73. The molecule has 3 nitrogen and oxygen atoms in total. The van der Waals surface area contributed by atoms with Gasteiger partial charge in [0.2, 0.25) is 0 Å². The molecule has 104 valence electrons. The summed E-state index contributed by atoms with van der Waals surface area (Å²) in [6.07, 6.45) is 3.70. The minimum Gasteiger partial charge on any atom is -0.465 e. The van der Waals surface area contributed by atoms with E-state index in [1.54, 1.807) is 6.92 Å². The second kappa shape index (κ2) is 8.13. The lowest BCUT2D eigenvalue weighted by molar-refractivity contribution is -0.158. The number of esters is 1. The van der Waals surface area contributed by atoms with Crippen LogP contribution in [0.4, 0.5) is 0 Å². The van der Waals surface area contributed by atoms with E-state index in [-0.39, 0.29) is 17.8 Å². The summed E-state index contributed by atoms with van der Waals surface area (Å²) in [7, 11) is 0. The van der Waals surface area contributed by atoms with E-state index in [1.165, 1.54) is 0 Å². The molecule has 0 aromatic carbocycles. The van der Waals surface area contributed by atoms with Crippen molar-refractivity contribution in [3.05, 3.63) is 0 Å². The standard InChI is InChI=1S/C15H27NO2/c1-6-9-12(4)15(11-16,13(5)10-7-2)14(17)18-8-3/h12-13H,6-10H2,1-5H3/t12-,13-/m1/s1. The highest BCUT2D eigenvalue weighted by Gasteiger charge is 2.49. The molecule has 0 saturated carbocycles. The number of carbonyl (C=O) groups excluding carboxylic acids is 1. The maximum Gasteiger partial charge on any atom is 0.327 e. The fourth-order valence-corrected chi connectivity index (χ4v) is 2.73. The minimum atomic E-state index is -0.984. The summed E-state index contributed by atoms with van der Waals surface area (Å²) in [5, 5.41) is 9.62. The van der Waals surface area contributed by atoms with Gasteiger partial charge in [-0.1, -0.05) is 40.5 Å². The van der Waals surface area contributed by atoms with Gasteiger partial charge in [-0.25, -0.2) is 0 Å².